The van der Waals surface area contributed by atoms with Crippen LogP contribution < -0.4 is 5.32 Å². The van der Waals surface area contributed by atoms with Crippen LogP contribution in [0.1, 0.15) is 26.7 Å². The Morgan fingerprint density at radius 3 is 2.43 bits per heavy atom. The molecule has 0 spiro atoms. The molecule has 7 nitrogen and oxygen atoms in total. The fourth-order valence-corrected chi connectivity index (χ4v) is 1.38. The molecule has 1 amide bonds. The van der Waals surface area contributed by atoms with Crippen LogP contribution in [0.5, 0.6) is 0 Å². The first kappa shape index (κ1) is 18.9. The van der Waals surface area contributed by atoms with Crippen LogP contribution >= 0.6 is 0 Å². The molecule has 7 heteroatoms. The highest BCUT2D eigenvalue weighted by atomic mass is 16.6. The highest BCUT2D eigenvalue weighted by Crippen LogP contribution is 2.06. The molecule has 0 aliphatic carbocycles. The van der Waals surface area contributed by atoms with E-state index in [2.05, 4.69) is 16.6 Å². The largest absolute Gasteiger partial charge is 0.462 e. The average Bonchev–Trinajstić information content (AvgIpc) is 2.47. The number of carbonyl (C=O) groups excluding carboxylic acids is 3. The van der Waals surface area contributed by atoms with E-state index in [1.165, 1.54) is 0 Å². The third-order valence-electron chi connectivity index (χ3n) is 2.47. The van der Waals surface area contributed by atoms with Crippen molar-refractivity contribution in [1.29, 1.82) is 0 Å². The number of carbonyl (C=O) groups is 3. The van der Waals surface area contributed by atoms with E-state index < -0.39 is 12.1 Å². The Morgan fingerprint density at radius 1 is 1.14 bits per heavy atom. The second kappa shape index (κ2) is 11.7. The second-order valence-electron chi connectivity index (χ2n) is 4.29. The number of nitrogens with one attached hydrogen (secondary N) is 1. The molecule has 0 saturated heterocycles. The van der Waals surface area contributed by atoms with Crippen LogP contribution in [0.3, 0.4) is 0 Å². The van der Waals surface area contributed by atoms with Crippen molar-refractivity contribution < 1.29 is 28.6 Å². The van der Waals surface area contributed by atoms with E-state index in [9.17, 15) is 14.4 Å². The lowest BCUT2D eigenvalue weighted by molar-refractivity contribution is -0.149. The van der Waals surface area contributed by atoms with E-state index in [1.54, 1.807) is 6.92 Å². The summed E-state index contributed by atoms with van der Waals surface area (Å²) in [6.45, 7) is 7.18. The van der Waals surface area contributed by atoms with Gasteiger partial charge in [0.15, 0.2) is 0 Å². The predicted molar refractivity (Wildman–Crippen MR) is 75.5 cm³/mol. The molecule has 0 saturated carbocycles. The minimum atomic E-state index is -0.665. The highest BCUT2D eigenvalue weighted by Gasteiger charge is 2.13. The van der Waals surface area contributed by atoms with Crippen LogP contribution in [0.4, 0.5) is 4.79 Å². The van der Waals surface area contributed by atoms with Gasteiger partial charge in [0.25, 0.3) is 0 Å². The topological polar surface area (TPSA) is 90.9 Å². The Balaban J connectivity index is 3.55. The SMILES string of the molecule is C=CC(=O)OCCNC(=O)OCCOC(=O)C(C)CCC. The number of ether oxygens (including phenoxy) is 3. The fourth-order valence-electron chi connectivity index (χ4n) is 1.38. The Kier molecular flexibility index (Phi) is 10.6. The summed E-state index contributed by atoms with van der Waals surface area (Å²) in [7, 11) is 0. The second-order valence-corrected chi connectivity index (χ2v) is 4.29. The first-order valence-corrected chi connectivity index (χ1v) is 6.87. The number of amides is 1. The molecular weight excluding hydrogens is 278 g/mol. The van der Waals surface area contributed by atoms with Crippen molar-refractivity contribution in [3.05, 3.63) is 12.7 Å². The smallest absolute Gasteiger partial charge is 0.407 e. The Hall–Kier alpha value is -2.05. The number of alkyl carbamates (subject to hydrolysis) is 1. The normalized spacial score (nSPS) is 11.1. The number of hydrogen-bond acceptors (Lipinski definition) is 6. The maximum Gasteiger partial charge on any atom is 0.407 e. The first-order valence-electron chi connectivity index (χ1n) is 6.87. The van der Waals surface area contributed by atoms with Gasteiger partial charge in [-0.15, -0.1) is 0 Å². The molecule has 0 aliphatic rings. The van der Waals surface area contributed by atoms with Crippen LogP contribution in [-0.4, -0.2) is 44.4 Å². The van der Waals surface area contributed by atoms with Crippen molar-refractivity contribution in [3.63, 3.8) is 0 Å². The van der Waals surface area contributed by atoms with E-state index in [4.69, 9.17) is 9.47 Å². The van der Waals surface area contributed by atoms with Crippen molar-refractivity contribution in [2.45, 2.75) is 26.7 Å². The molecule has 0 aromatic rings. The van der Waals surface area contributed by atoms with Crippen LogP contribution in [0.15, 0.2) is 12.7 Å². The molecule has 0 aromatic carbocycles. The van der Waals surface area contributed by atoms with E-state index in [0.717, 1.165) is 18.9 Å². The third kappa shape index (κ3) is 10.4. The summed E-state index contributed by atoms with van der Waals surface area (Å²) in [6, 6.07) is 0. The van der Waals surface area contributed by atoms with Gasteiger partial charge >= 0.3 is 18.0 Å². The summed E-state index contributed by atoms with van der Waals surface area (Å²) in [5, 5.41) is 2.38. The molecule has 1 atom stereocenters. The molecule has 0 fully saturated rings. The summed E-state index contributed by atoms with van der Waals surface area (Å²) in [5.41, 5.74) is 0. The summed E-state index contributed by atoms with van der Waals surface area (Å²) < 4.78 is 14.4. The van der Waals surface area contributed by atoms with Gasteiger partial charge in [0.2, 0.25) is 0 Å². The molecule has 0 aromatic heterocycles. The maximum absolute atomic E-state index is 11.4. The maximum atomic E-state index is 11.4. The van der Waals surface area contributed by atoms with Crippen molar-refractivity contribution in [3.8, 4) is 0 Å². The zero-order valence-corrected chi connectivity index (χ0v) is 12.6. The van der Waals surface area contributed by atoms with Gasteiger partial charge in [-0.05, 0) is 6.42 Å². The Morgan fingerprint density at radius 2 is 1.81 bits per heavy atom. The summed E-state index contributed by atoms with van der Waals surface area (Å²) in [5.74, 6) is -1.00. The van der Waals surface area contributed by atoms with E-state index in [-0.39, 0.29) is 38.3 Å². The number of rotatable bonds is 10. The van der Waals surface area contributed by atoms with Crippen molar-refractivity contribution in [2.75, 3.05) is 26.4 Å². The molecule has 21 heavy (non-hydrogen) atoms. The molecule has 0 heterocycles. The molecule has 0 bridgehead atoms. The van der Waals surface area contributed by atoms with Crippen LogP contribution in [0.2, 0.25) is 0 Å². The molecular formula is C14H23NO6. The van der Waals surface area contributed by atoms with E-state index >= 15 is 0 Å². The predicted octanol–water partition coefficient (Wildman–Crippen LogP) is 1.42. The van der Waals surface area contributed by atoms with Gasteiger partial charge in [0.05, 0.1) is 12.5 Å². The van der Waals surface area contributed by atoms with Crippen LogP contribution in [-0.2, 0) is 23.8 Å². The van der Waals surface area contributed by atoms with Gasteiger partial charge < -0.3 is 19.5 Å². The number of hydrogen-bond donors (Lipinski definition) is 1. The zero-order valence-electron chi connectivity index (χ0n) is 12.6. The lowest BCUT2D eigenvalue weighted by Gasteiger charge is -2.11. The van der Waals surface area contributed by atoms with Crippen molar-refractivity contribution in [2.24, 2.45) is 5.92 Å². The quantitative estimate of drug-likeness (QED) is 0.284. The number of esters is 2. The van der Waals surface area contributed by atoms with Crippen molar-refractivity contribution >= 4 is 18.0 Å². The minimum Gasteiger partial charge on any atom is -0.462 e. The molecule has 1 N–H and O–H groups in total. The summed E-state index contributed by atoms with van der Waals surface area (Å²) in [6.07, 6.45) is 2.05. The van der Waals surface area contributed by atoms with E-state index in [0.29, 0.717) is 0 Å². The first-order chi connectivity index (χ1) is 10.0. The van der Waals surface area contributed by atoms with Gasteiger partial charge in [-0.25, -0.2) is 9.59 Å². The lowest BCUT2D eigenvalue weighted by Crippen LogP contribution is -2.29. The highest BCUT2D eigenvalue weighted by molar-refractivity contribution is 5.81. The van der Waals surface area contributed by atoms with Crippen LogP contribution in [0.25, 0.3) is 0 Å². The Bertz CT molecular complexity index is 355. The van der Waals surface area contributed by atoms with E-state index in [1.807, 2.05) is 6.92 Å². The molecule has 0 radical (unpaired) electrons. The monoisotopic (exact) mass is 301 g/mol. The zero-order chi connectivity index (χ0) is 16.1. The Labute approximate surface area is 124 Å². The van der Waals surface area contributed by atoms with Gasteiger partial charge in [-0.1, -0.05) is 26.8 Å². The summed E-state index contributed by atoms with van der Waals surface area (Å²) >= 11 is 0. The molecule has 0 rings (SSSR count). The standard InChI is InChI=1S/C14H23NO6/c1-4-6-11(3)13(17)20-9-10-21-14(18)15-7-8-19-12(16)5-2/h5,11H,2,4,6-10H2,1,3H3,(H,15,18). The van der Waals surface area contributed by atoms with Crippen molar-refractivity contribution in [1.82, 2.24) is 5.32 Å². The lowest BCUT2D eigenvalue weighted by atomic mass is 10.1. The molecule has 1 unspecified atom stereocenters. The minimum absolute atomic E-state index is 0.0196. The summed E-state index contributed by atoms with van der Waals surface area (Å²) in [4.78, 5) is 33.3. The fraction of sp³-hybridized carbons (Fsp3) is 0.643. The van der Waals surface area contributed by atoms with Gasteiger partial charge in [0, 0.05) is 6.08 Å². The molecule has 0 aliphatic heterocycles. The van der Waals surface area contributed by atoms with Crippen LogP contribution in [0, 0.1) is 5.92 Å². The van der Waals surface area contributed by atoms with Gasteiger partial charge in [-0.2, -0.15) is 0 Å². The third-order valence-corrected chi connectivity index (χ3v) is 2.47. The van der Waals surface area contributed by atoms with Gasteiger partial charge in [0.1, 0.15) is 19.8 Å². The average molecular weight is 301 g/mol. The molecule has 120 valence electrons. The van der Waals surface area contributed by atoms with Gasteiger partial charge in [-0.3, -0.25) is 4.79 Å².